The summed E-state index contributed by atoms with van der Waals surface area (Å²) in [4.78, 5) is 14.1. The number of nitrogens with zero attached hydrogens (tertiary/aromatic N) is 3. The first kappa shape index (κ1) is 20.2. The summed E-state index contributed by atoms with van der Waals surface area (Å²) >= 11 is 7.51. The van der Waals surface area contributed by atoms with E-state index in [0.29, 0.717) is 41.7 Å². The molecule has 1 aromatic carbocycles. The van der Waals surface area contributed by atoms with Crippen molar-refractivity contribution in [1.29, 1.82) is 0 Å². The largest absolute Gasteiger partial charge is 0.393 e. The number of anilines is 2. The molecule has 1 fully saturated rings. The van der Waals surface area contributed by atoms with Crippen molar-refractivity contribution in [3.8, 4) is 10.4 Å². The van der Waals surface area contributed by atoms with Crippen LogP contribution in [0.25, 0.3) is 10.4 Å². The van der Waals surface area contributed by atoms with Crippen LogP contribution in [0.2, 0.25) is 5.02 Å². The lowest BCUT2D eigenvalue weighted by molar-refractivity contribution is -0.0362. The number of aliphatic hydroxyl groups is 2. The van der Waals surface area contributed by atoms with Gasteiger partial charge in [-0.25, -0.2) is 15.0 Å². The fourth-order valence-corrected chi connectivity index (χ4v) is 4.70. The SMILES string of the molecule is Cc1cc(Nc2ncc(Cl)c(C)n2)cc(-c2cnc([C@]3(O)CC[C@H](O)CC3)s2)c1. The number of rotatable bonds is 4. The van der Waals surface area contributed by atoms with Crippen LogP contribution >= 0.6 is 22.9 Å². The van der Waals surface area contributed by atoms with E-state index in [4.69, 9.17) is 11.6 Å². The van der Waals surface area contributed by atoms with Crippen molar-refractivity contribution in [2.45, 2.75) is 51.2 Å². The minimum Gasteiger partial charge on any atom is -0.393 e. The van der Waals surface area contributed by atoms with Gasteiger partial charge in [0, 0.05) is 11.9 Å². The van der Waals surface area contributed by atoms with E-state index in [9.17, 15) is 10.2 Å². The summed E-state index contributed by atoms with van der Waals surface area (Å²) in [6.07, 6.45) is 5.35. The molecule has 0 unspecified atom stereocenters. The molecule has 8 heteroatoms. The third-order valence-electron chi connectivity index (χ3n) is 5.22. The highest BCUT2D eigenvalue weighted by Crippen LogP contribution is 2.41. The topological polar surface area (TPSA) is 91.2 Å². The Bertz CT molecular complexity index is 1030. The van der Waals surface area contributed by atoms with Gasteiger partial charge in [-0.2, -0.15) is 0 Å². The van der Waals surface area contributed by atoms with Gasteiger partial charge >= 0.3 is 0 Å². The zero-order chi connectivity index (χ0) is 20.6. The van der Waals surface area contributed by atoms with Gasteiger partial charge in [-0.3, -0.25) is 0 Å². The molecular formula is C21H23ClN4O2S. The molecule has 6 nitrogen and oxygen atoms in total. The van der Waals surface area contributed by atoms with Crippen LogP contribution in [0.1, 0.15) is 41.9 Å². The van der Waals surface area contributed by atoms with Gasteiger partial charge in [-0.1, -0.05) is 17.7 Å². The van der Waals surface area contributed by atoms with E-state index in [2.05, 4.69) is 26.3 Å². The summed E-state index contributed by atoms with van der Waals surface area (Å²) in [7, 11) is 0. The standard InChI is InChI=1S/C21H23ClN4O2S/c1-12-7-14(9-15(8-12)26-20-24-10-17(22)13(2)25-20)18-11-23-19(29-18)21(28)5-3-16(27)4-6-21/h7-11,16,27-28H,3-6H2,1-2H3,(H,24,25,26)/t16-,21-. The van der Waals surface area contributed by atoms with Gasteiger partial charge in [0.05, 0.1) is 27.9 Å². The summed E-state index contributed by atoms with van der Waals surface area (Å²) in [5.41, 5.74) is 2.75. The van der Waals surface area contributed by atoms with Gasteiger partial charge < -0.3 is 15.5 Å². The van der Waals surface area contributed by atoms with Crippen LogP contribution in [-0.2, 0) is 5.60 Å². The summed E-state index contributed by atoms with van der Waals surface area (Å²) in [6, 6.07) is 6.13. The van der Waals surface area contributed by atoms with Crippen LogP contribution < -0.4 is 5.32 Å². The first-order valence-electron chi connectivity index (χ1n) is 9.57. The Morgan fingerprint density at radius 2 is 1.90 bits per heavy atom. The molecule has 0 radical (unpaired) electrons. The molecule has 3 N–H and O–H groups in total. The molecule has 3 aromatic rings. The van der Waals surface area contributed by atoms with Gasteiger partial charge in [0.2, 0.25) is 5.95 Å². The van der Waals surface area contributed by atoms with Crippen LogP contribution in [0.15, 0.2) is 30.6 Å². The Balaban J connectivity index is 1.59. The quantitative estimate of drug-likeness (QED) is 0.554. The predicted octanol–water partition coefficient (Wildman–Crippen LogP) is 4.74. The van der Waals surface area contributed by atoms with Crippen molar-refractivity contribution in [1.82, 2.24) is 15.0 Å². The highest BCUT2D eigenvalue weighted by atomic mass is 35.5. The Hall–Kier alpha value is -2.06. The summed E-state index contributed by atoms with van der Waals surface area (Å²) in [5, 5.41) is 25.2. The molecule has 2 aromatic heterocycles. The van der Waals surface area contributed by atoms with Crippen LogP contribution in [0.5, 0.6) is 0 Å². The maximum Gasteiger partial charge on any atom is 0.227 e. The average Bonchev–Trinajstić information content (AvgIpc) is 3.18. The van der Waals surface area contributed by atoms with E-state index in [0.717, 1.165) is 27.4 Å². The molecule has 0 amide bonds. The Morgan fingerprint density at radius 3 is 2.62 bits per heavy atom. The summed E-state index contributed by atoms with van der Waals surface area (Å²) in [5.74, 6) is 0.489. The summed E-state index contributed by atoms with van der Waals surface area (Å²) < 4.78 is 0. The number of aromatic nitrogens is 3. The second kappa shape index (κ2) is 7.99. The fourth-order valence-electron chi connectivity index (χ4n) is 3.56. The predicted molar refractivity (Wildman–Crippen MR) is 116 cm³/mol. The fraction of sp³-hybridized carbons (Fsp3) is 0.381. The molecule has 4 rings (SSSR count). The van der Waals surface area contributed by atoms with E-state index < -0.39 is 5.60 Å². The molecule has 29 heavy (non-hydrogen) atoms. The minimum absolute atomic E-state index is 0.321. The smallest absolute Gasteiger partial charge is 0.227 e. The molecule has 0 bridgehead atoms. The lowest BCUT2D eigenvalue weighted by Gasteiger charge is -2.32. The van der Waals surface area contributed by atoms with Gasteiger partial charge in [0.1, 0.15) is 10.6 Å². The highest BCUT2D eigenvalue weighted by molar-refractivity contribution is 7.15. The molecule has 0 aliphatic heterocycles. The molecule has 2 heterocycles. The zero-order valence-corrected chi connectivity index (χ0v) is 17.9. The van der Waals surface area contributed by atoms with Gasteiger partial charge in [0.15, 0.2) is 0 Å². The number of halogens is 1. The molecule has 1 aliphatic carbocycles. The van der Waals surface area contributed by atoms with Gasteiger partial charge in [0.25, 0.3) is 0 Å². The first-order chi connectivity index (χ1) is 13.8. The molecule has 0 atom stereocenters. The number of aryl methyl sites for hydroxylation is 2. The molecule has 1 saturated carbocycles. The minimum atomic E-state index is -0.943. The number of aliphatic hydroxyl groups excluding tert-OH is 1. The Labute approximate surface area is 178 Å². The average molecular weight is 431 g/mol. The molecule has 152 valence electrons. The zero-order valence-electron chi connectivity index (χ0n) is 16.3. The Kier molecular flexibility index (Phi) is 5.57. The monoisotopic (exact) mass is 430 g/mol. The summed E-state index contributed by atoms with van der Waals surface area (Å²) in [6.45, 7) is 3.87. The number of thiazole rings is 1. The molecule has 0 saturated heterocycles. The second-order valence-electron chi connectivity index (χ2n) is 7.63. The second-order valence-corrected chi connectivity index (χ2v) is 9.07. The van der Waals surface area contributed by atoms with E-state index in [1.54, 1.807) is 6.20 Å². The lowest BCUT2D eigenvalue weighted by atomic mass is 9.84. The number of benzene rings is 1. The normalized spacial score (nSPS) is 21.9. The maximum atomic E-state index is 11.0. The van der Waals surface area contributed by atoms with E-state index in [1.165, 1.54) is 11.3 Å². The lowest BCUT2D eigenvalue weighted by Crippen LogP contribution is -2.33. The number of hydrogen-bond acceptors (Lipinski definition) is 7. The molecular weight excluding hydrogens is 408 g/mol. The Morgan fingerprint density at radius 1 is 1.14 bits per heavy atom. The van der Waals surface area contributed by atoms with Crippen molar-refractivity contribution < 1.29 is 10.2 Å². The van der Waals surface area contributed by atoms with Crippen LogP contribution in [0.4, 0.5) is 11.6 Å². The van der Waals surface area contributed by atoms with Crippen LogP contribution in [0.3, 0.4) is 0 Å². The van der Waals surface area contributed by atoms with Crippen LogP contribution in [0, 0.1) is 13.8 Å². The highest BCUT2D eigenvalue weighted by Gasteiger charge is 2.36. The number of hydrogen-bond donors (Lipinski definition) is 3. The first-order valence-corrected chi connectivity index (χ1v) is 10.8. The number of nitrogens with one attached hydrogen (secondary N) is 1. The van der Waals surface area contributed by atoms with E-state index in [-0.39, 0.29) is 6.10 Å². The molecule has 0 spiro atoms. The van der Waals surface area contributed by atoms with Gasteiger partial charge in [-0.05, 0) is 62.8 Å². The van der Waals surface area contributed by atoms with E-state index >= 15 is 0 Å². The van der Waals surface area contributed by atoms with E-state index in [1.807, 2.05) is 32.2 Å². The van der Waals surface area contributed by atoms with Crippen molar-refractivity contribution in [2.75, 3.05) is 5.32 Å². The van der Waals surface area contributed by atoms with Crippen molar-refractivity contribution in [2.24, 2.45) is 0 Å². The third kappa shape index (κ3) is 4.43. The van der Waals surface area contributed by atoms with Crippen molar-refractivity contribution in [3.05, 3.63) is 51.9 Å². The van der Waals surface area contributed by atoms with Gasteiger partial charge in [-0.15, -0.1) is 11.3 Å². The molecule has 1 aliphatic rings. The third-order valence-corrected chi connectivity index (χ3v) is 6.83. The van der Waals surface area contributed by atoms with Crippen molar-refractivity contribution in [3.63, 3.8) is 0 Å². The maximum absolute atomic E-state index is 11.0. The van der Waals surface area contributed by atoms with Crippen molar-refractivity contribution >= 4 is 34.6 Å². The van der Waals surface area contributed by atoms with Crippen LogP contribution in [-0.4, -0.2) is 31.3 Å².